The molecular formula is C24H28FN3O2S2. The Morgan fingerprint density at radius 3 is 2.88 bits per heavy atom. The van der Waals surface area contributed by atoms with Crippen molar-refractivity contribution >= 4 is 44.7 Å². The number of thiophene rings is 2. The monoisotopic (exact) mass is 473 g/mol. The molecule has 32 heavy (non-hydrogen) atoms. The lowest BCUT2D eigenvalue weighted by atomic mass is 9.77. The summed E-state index contributed by atoms with van der Waals surface area (Å²) < 4.78 is 16.5. The molecule has 8 heteroatoms. The molecule has 5 nitrogen and oxygen atoms in total. The molecule has 2 aliphatic rings. The summed E-state index contributed by atoms with van der Waals surface area (Å²) in [5, 5.41) is 7.23. The molecule has 1 aliphatic heterocycles. The molecule has 4 unspecified atom stereocenters. The van der Waals surface area contributed by atoms with Crippen LogP contribution in [0.2, 0.25) is 0 Å². The molecule has 0 bridgehead atoms. The van der Waals surface area contributed by atoms with Gasteiger partial charge in [-0.25, -0.2) is 0 Å². The first kappa shape index (κ1) is 21.6. The first-order chi connectivity index (χ1) is 15.4. The predicted octanol–water partition coefficient (Wildman–Crippen LogP) is 5.07. The smallest absolute Gasteiger partial charge is 0.271 e. The average Bonchev–Trinajstić information content (AvgIpc) is 3.51. The Bertz CT molecular complexity index is 1140. The summed E-state index contributed by atoms with van der Waals surface area (Å²) in [6.45, 7) is 4.35. The maximum Gasteiger partial charge on any atom is 0.271 e. The van der Waals surface area contributed by atoms with Crippen LogP contribution >= 0.6 is 22.7 Å². The molecule has 3 aromatic heterocycles. The molecule has 3 aromatic rings. The van der Waals surface area contributed by atoms with Gasteiger partial charge in [-0.3, -0.25) is 14.0 Å². The summed E-state index contributed by atoms with van der Waals surface area (Å²) in [4.78, 5) is 30.3. The second-order valence-electron chi connectivity index (χ2n) is 9.31. The zero-order chi connectivity index (χ0) is 22.5. The molecule has 1 saturated carbocycles. The van der Waals surface area contributed by atoms with Gasteiger partial charge in [-0.2, -0.15) is 0 Å². The van der Waals surface area contributed by atoms with Crippen LogP contribution in [-0.2, 0) is 17.9 Å². The summed E-state index contributed by atoms with van der Waals surface area (Å²) in [6.07, 6.45) is 2.63. The van der Waals surface area contributed by atoms with Crippen LogP contribution in [-0.4, -0.2) is 39.5 Å². The number of hydrogen-bond donors (Lipinski definition) is 1. The number of amides is 2. The van der Waals surface area contributed by atoms with Gasteiger partial charge in [-0.1, -0.05) is 19.4 Å². The Morgan fingerprint density at radius 1 is 1.28 bits per heavy atom. The van der Waals surface area contributed by atoms with Gasteiger partial charge in [-0.15, -0.1) is 22.7 Å². The summed E-state index contributed by atoms with van der Waals surface area (Å²) in [5.41, 5.74) is 0.596. The van der Waals surface area contributed by atoms with E-state index in [0.29, 0.717) is 18.8 Å². The fraction of sp³-hybridized carbons (Fsp3) is 0.500. The van der Waals surface area contributed by atoms with E-state index in [9.17, 15) is 14.0 Å². The van der Waals surface area contributed by atoms with Crippen LogP contribution in [0.5, 0.6) is 0 Å². The first-order valence-electron chi connectivity index (χ1n) is 11.2. The maximum atomic E-state index is 13.8. The van der Waals surface area contributed by atoms with Gasteiger partial charge in [0.2, 0.25) is 5.91 Å². The van der Waals surface area contributed by atoms with Gasteiger partial charge in [0, 0.05) is 10.9 Å². The van der Waals surface area contributed by atoms with Crippen LogP contribution in [0.25, 0.3) is 10.2 Å². The number of nitrogens with one attached hydrogen (secondary N) is 1. The lowest BCUT2D eigenvalue weighted by molar-refractivity contribution is -0.134. The predicted molar refractivity (Wildman–Crippen MR) is 127 cm³/mol. The lowest BCUT2D eigenvalue weighted by Gasteiger charge is -2.45. The van der Waals surface area contributed by atoms with Crippen LogP contribution in [0.15, 0.2) is 35.0 Å². The second-order valence-corrected chi connectivity index (χ2v) is 11.3. The van der Waals surface area contributed by atoms with E-state index in [-0.39, 0.29) is 36.4 Å². The van der Waals surface area contributed by atoms with Crippen molar-refractivity contribution in [3.05, 3.63) is 45.6 Å². The Kier molecular flexibility index (Phi) is 5.61. The Morgan fingerprint density at radius 2 is 2.12 bits per heavy atom. The summed E-state index contributed by atoms with van der Waals surface area (Å²) in [5.74, 6) is -0.207. The van der Waals surface area contributed by atoms with Crippen molar-refractivity contribution in [3.63, 3.8) is 0 Å². The third kappa shape index (κ3) is 3.48. The number of alkyl halides is 1. The third-order valence-corrected chi connectivity index (χ3v) is 9.13. The van der Waals surface area contributed by atoms with Gasteiger partial charge in [0.25, 0.3) is 5.91 Å². The van der Waals surface area contributed by atoms with Gasteiger partial charge < -0.3 is 14.8 Å². The molecule has 1 N–H and O–H groups in total. The number of halogens is 1. The minimum Gasteiger partial charge on any atom is -0.351 e. The van der Waals surface area contributed by atoms with Crippen molar-refractivity contribution in [2.24, 2.45) is 11.8 Å². The fourth-order valence-electron chi connectivity index (χ4n) is 5.28. The molecular weight excluding hydrogens is 445 g/mol. The van der Waals surface area contributed by atoms with Crippen LogP contribution in [0.4, 0.5) is 4.39 Å². The highest BCUT2D eigenvalue weighted by atomic mass is 32.1. The summed E-state index contributed by atoms with van der Waals surface area (Å²) in [7, 11) is 0. The summed E-state index contributed by atoms with van der Waals surface area (Å²) >= 11 is 3.19. The average molecular weight is 474 g/mol. The maximum absolute atomic E-state index is 13.8. The fourth-order valence-corrected chi connectivity index (χ4v) is 6.79. The molecule has 4 heterocycles. The van der Waals surface area contributed by atoms with Gasteiger partial charge in [0.05, 0.1) is 30.0 Å². The van der Waals surface area contributed by atoms with Crippen molar-refractivity contribution in [2.75, 3.05) is 6.67 Å². The Balaban J connectivity index is 1.50. The van der Waals surface area contributed by atoms with Crippen molar-refractivity contribution in [2.45, 2.75) is 57.8 Å². The van der Waals surface area contributed by atoms with Crippen LogP contribution < -0.4 is 5.32 Å². The van der Waals surface area contributed by atoms with Gasteiger partial charge in [-0.05, 0) is 60.6 Å². The number of hydrogen-bond acceptors (Lipinski definition) is 4. The van der Waals surface area contributed by atoms with Crippen molar-refractivity contribution in [1.82, 2.24) is 14.8 Å². The molecule has 2 amide bonds. The van der Waals surface area contributed by atoms with Crippen molar-refractivity contribution in [1.29, 1.82) is 0 Å². The molecule has 0 spiro atoms. The van der Waals surface area contributed by atoms with Gasteiger partial charge >= 0.3 is 0 Å². The van der Waals surface area contributed by atoms with E-state index in [1.54, 1.807) is 27.6 Å². The molecule has 0 saturated heterocycles. The minimum atomic E-state index is -1.04. The number of fused-ring (bicyclic) bond motifs is 3. The van der Waals surface area contributed by atoms with Crippen LogP contribution in [0, 0.1) is 11.8 Å². The van der Waals surface area contributed by atoms with E-state index in [4.69, 9.17) is 0 Å². The third-order valence-electron chi connectivity index (χ3n) is 7.41. The number of carbonyl (C=O) groups excluding carboxylic acids is 2. The van der Waals surface area contributed by atoms with E-state index in [2.05, 4.69) is 5.32 Å². The Labute approximate surface area is 195 Å². The molecule has 1 aliphatic carbocycles. The van der Waals surface area contributed by atoms with E-state index in [0.717, 1.165) is 34.4 Å². The van der Waals surface area contributed by atoms with E-state index >= 15 is 0 Å². The molecule has 4 atom stereocenters. The minimum absolute atomic E-state index is 0.0152. The topological polar surface area (TPSA) is 54.3 Å². The quantitative estimate of drug-likeness (QED) is 0.563. The molecule has 0 radical (unpaired) electrons. The Hall–Kier alpha value is -2.19. The highest BCUT2D eigenvalue weighted by Crippen LogP contribution is 2.37. The zero-order valence-corrected chi connectivity index (χ0v) is 20.0. The van der Waals surface area contributed by atoms with Gasteiger partial charge in [0.15, 0.2) is 0 Å². The highest BCUT2D eigenvalue weighted by molar-refractivity contribution is 7.17. The van der Waals surface area contributed by atoms with E-state index in [1.165, 1.54) is 0 Å². The second kappa shape index (κ2) is 8.30. The van der Waals surface area contributed by atoms with Crippen molar-refractivity contribution < 1.29 is 14.0 Å². The van der Waals surface area contributed by atoms with E-state index < -0.39 is 5.54 Å². The molecule has 5 rings (SSSR count). The van der Waals surface area contributed by atoms with E-state index in [1.807, 2.05) is 53.4 Å². The largest absolute Gasteiger partial charge is 0.351 e. The van der Waals surface area contributed by atoms with Crippen LogP contribution in [0.1, 0.15) is 48.5 Å². The van der Waals surface area contributed by atoms with Crippen LogP contribution in [0.3, 0.4) is 0 Å². The standard InChI is InChI=1S/C24H28FN3O2S2/c1-15-16(12-25)5-3-7-18(15)26-23(30)24(2)14-27-19-8-10-32-21(19)11-20(27)22(29)28(24)13-17-6-4-9-31-17/h4,6,8-11,15-16,18H,3,5,7,12-14H2,1-2H3,(H,26,30). The number of nitrogens with zero attached hydrogens (tertiary/aromatic N) is 2. The number of aromatic nitrogens is 1. The lowest BCUT2D eigenvalue weighted by Crippen LogP contribution is -2.65. The van der Waals surface area contributed by atoms with Gasteiger partial charge in [0.1, 0.15) is 11.2 Å². The zero-order valence-electron chi connectivity index (χ0n) is 18.3. The normalized spacial score (nSPS) is 28.2. The highest BCUT2D eigenvalue weighted by Gasteiger charge is 2.49. The van der Waals surface area contributed by atoms with Crippen molar-refractivity contribution in [3.8, 4) is 0 Å². The number of rotatable bonds is 5. The molecule has 1 fully saturated rings. The summed E-state index contributed by atoms with van der Waals surface area (Å²) in [6, 6.07) is 7.85. The first-order valence-corrected chi connectivity index (χ1v) is 13.0. The number of carbonyl (C=O) groups is 2. The molecule has 0 aromatic carbocycles. The SMILES string of the molecule is CC1C(CF)CCCC1NC(=O)C1(C)Cn2c(cc3sccc32)C(=O)N1Cc1cccs1. The molecule has 170 valence electrons.